The van der Waals surface area contributed by atoms with E-state index in [1.165, 1.54) is 4.57 Å². The second kappa shape index (κ2) is 4.00. The highest BCUT2D eigenvalue weighted by molar-refractivity contribution is 7.91. The number of sulfone groups is 1. The third kappa shape index (κ3) is 2.39. The summed E-state index contributed by atoms with van der Waals surface area (Å²) in [6, 6.07) is 0.0293. The molecule has 2 fully saturated rings. The smallest absolute Gasteiger partial charge is 0.273 e. The second-order valence-corrected chi connectivity index (χ2v) is 8.77. The van der Waals surface area contributed by atoms with Gasteiger partial charge in [-0.25, -0.2) is 22.0 Å². The summed E-state index contributed by atoms with van der Waals surface area (Å²) in [4.78, 5) is 0. The van der Waals surface area contributed by atoms with Gasteiger partial charge in [-0.3, -0.25) is 4.57 Å². The number of hydrogen-bond donors (Lipinski definition) is 1. The molecule has 0 spiro atoms. The molecule has 1 aliphatic heterocycles. The van der Waals surface area contributed by atoms with Crippen molar-refractivity contribution in [3.05, 3.63) is 5.82 Å². The molecule has 1 saturated carbocycles. The molecule has 0 bridgehead atoms. The van der Waals surface area contributed by atoms with Crippen LogP contribution in [0.25, 0.3) is 0 Å². The van der Waals surface area contributed by atoms with Crippen molar-refractivity contribution in [1.82, 2.24) is 14.8 Å². The van der Waals surface area contributed by atoms with Gasteiger partial charge >= 0.3 is 0 Å². The molecule has 0 amide bonds. The number of nitrogens with zero attached hydrogens (tertiary/aromatic N) is 3. The van der Waals surface area contributed by atoms with Gasteiger partial charge in [-0.15, -0.1) is 10.2 Å². The molecule has 2 N–H and O–H groups in total. The zero-order valence-electron chi connectivity index (χ0n) is 10.1. The Morgan fingerprint density at radius 2 is 1.89 bits per heavy atom. The molecule has 1 saturated heterocycles. The van der Waals surface area contributed by atoms with E-state index in [9.17, 15) is 16.8 Å². The fourth-order valence-electron chi connectivity index (χ4n) is 2.44. The monoisotopic (exact) mass is 306 g/mol. The maximum absolute atomic E-state index is 11.5. The molecule has 0 radical (unpaired) electrons. The highest BCUT2D eigenvalue weighted by Crippen LogP contribution is 2.40. The quantitative estimate of drug-likeness (QED) is 0.776. The largest absolute Gasteiger partial charge is 0.297 e. The van der Waals surface area contributed by atoms with Gasteiger partial charge in [0, 0.05) is 12.0 Å². The second-order valence-electron chi connectivity index (χ2n) is 5.09. The van der Waals surface area contributed by atoms with Crippen molar-refractivity contribution < 1.29 is 16.8 Å². The molecule has 2 aliphatic rings. The van der Waals surface area contributed by atoms with Crippen molar-refractivity contribution in [2.24, 2.45) is 5.14 Å². The van der Waals surface area contributed by atoms with E-state index in [0.717, 1.165) is 12.8 Å². The summed E-state index contributed by atoms with van der Waals surface area (Å²) in [5, 5.41) is 12.4. The molecule has 3 rings (SSSR count). The number of aromatic nitrogens is 3. The molecule has 19 heavy (non-hydrogen) atoms. The van der Waals surface area contributed by atoms with Gasteiger partial charge < -0.3 is 0 Å². The number of rotatable bonds is 3. The molecule has 10 heteroatoms. The highest BCUT2D eigenvalue weighted by Gasteiger charge is 2.39. The summed E-state index contributed by atoms with van der Waals surface area (Å²) in [7, 11) is -6.99. The van der Waals surface area contributed by atoms with Crippen LogP contribution in [0.4, 0.5) is 0 Å². The fraction of sp³-hybridized carbons (Fsp3) is 0.778. The van der Waals surface area contributed by atoms with Crippen LogP contribution in [0, 0.1) is 0 Å². The predicted molar refractivity (Wildman–Crippen MR) is 65.7 cm³/mol. The minimum Gasteiger partial charge on any atom is -0.297 e. The maximum Gasteiger partial charge on any atom is 0.273 e. The number of hydrogen-bond acceptors (Lipinski definition) is 6. The first-order valence-corrected chi connectivity index (χ1v) is 9.33. The van der Waals surface area contributed by atoms with Crippen LogP contribution in [-0.4, -0.2) is 43.1 Å². The van der Waals surface area contributed by atoms with E-state index >= 15 is 0 Å². The fourth-order valence-corrected chi connectivity index (χ4v) is 4.85. The van der Waals surface area contributed by atoms with E-state index in [1.54, 1.807) is 0 Å². The maximum atomic E-state index is 11.5. The Bertz CT molecular complexity index is 717. The van der Waals surface area contributed by atoms with Crippen LogP contribution in [0.5, 0.6) is 0 Å². The Balaban J connectivity index is 2.06. The molecule has 1 aromatic heterocycles. The molecule has 106 valence electrons. The van der Waals surface area contributed by atoms with Crippen molar-refractivity contribution in [2.45, 2.75) is 36.4 Å². The van der Waals surface area contributed by atoms with Gasteiger partial charge in [0.05, 0.1) is 11.5 Å². The predicted octanol–water partition coefficient (Wildman–Crippen LogP) is -0.837. The number of nitrogens with two attached hydrogens (primary N) is 1. The van der Waals surface area contributed by atoms with E-state index in [-0.39, 0.29) is 28.6 Å². The summed E-state index contributed by atoms with van der Waals surface area (Å²) in [5.41, 5.74) is 0. The molecule has 1 atom stereocenters. The summed E-state index contributed by atoms with van der Waals surface area (Å²) in [5.74, 6) is 0.267. The van der Waals surface area contributed by atoms with E-state index in [2.05, 4.69) is 10.2 Å². The van der Waals surface area contributed by atoms with Crippen molar-refractivity contribution in [3.8, 4) is 0 Å². The average molecular weight is 306 g/mol. The Hall–Kier alpha value is -1.00. The van der Waals surface area contributed by atoms with Crippen LogP contribution in [0.2, 0.25) is 0 Å². The number of primary sulfonamides is 1. The van der Waals surface area contributed by atoms with Gasteiger partial charge in [0.1, 0.15) is 5.82 Å². The average Bonchev–Trinajstić information content (AvgIpc) is 2.90. The van der Waals surface area contributed by atoms with Gasteiger partial charge in [0.2, 0.25) is 0 Å². The first kappa shape index (κ1) is 13.0. The van der Waals surface area contributed by atoms with Crippen LogP contribution in [0.15, 0.2) is 5.16 Å². The molecule has 2 heterocycles. The van der Waals surface area contributed by atoms with Gasteiger partial charge in [-0.1, -0.05) is 0 Å². The van der Waals surface area contributed by atoms with Crippen LogP contribution in [0.1, 0.15) is 37.0 Å². The van der Waals surface area contributed by atoms with Gasteiger partial charge in [-0.05, 0) is 19.3 Å². The molecular formula is C9H14N4O4S2. The summed E-state index contributed by atoms with van der Waals surface area (Å²) in [6.45, 7) is 0. The molecule has 1 aliphatic carbocycles. The first-order valence-electron chi connectivity index (χ1n) is 5.96. The lowest BCUT2D eigenvalue weighted by molar-refractivity contribution is 0.547. The van der Waals surface area contributed by atoms with Gasteiger partial charge in [0.15, 0.2) is 9.84 Å². The first-order chi connectivity index (χ1) is 8.78. The lowest BCUT2D eigenvalue weighted by atomic mass is 10.1. The van der Waals surface area contributed by atoms with Gasteiger partial charge in [-0.2, -0.15) is 0 Å². The van der Waals surface area contributed by atoms with Crippen molar-refractivity contribution in [3.63, 3.8) is 0 Å². The van der Waals surface area contributed by atoms with E-state index < -0.39 is 19.9 Å². The van der Waals surface area contributed by atoms with Crippen molar-refractivity contribution >= 4 is 19.9 Å². The summed E-state index contributed by atoms with van der Waals surface area (Å²) in [6.07, 6.45) is 2.14. The van der Waals surface area contributed by atoms with Crippen LogP contribution in [0.3, 0.4) is 0 Å². The van der Waals surface area contributed by atoms with Crippen LogP contribution in [-0.2, 0) is 19.9 Å². The zero-order valence-corrected chi connectivity index (χ0v) is 11.7. The Kier molecular flexibility index (Phi) is 2.74. The van der Waals surface area contributed by atoms with E-state index in [4.69, 9.17) is 5.14 Å². The molecule has 8 nitrogen and oxygen atoms in total. The topological polar surface area (TPSA) is 125 Å². The van der Waals surface area contributed by atoms with Crippen molar-refractivity contribution in [2.75, 3.05) is 11.5 Å². The zero-order chi connectivity index (χ0) is 13.8. The third-order valence-corrected chi connectivity index (χ3v) is 6.01. The standard InChI is InChI=1S/C9H14N4O4S2/c10-19(16,17)9-12-11-8(13(9)7-1-2-7)6-3-4-18(14,15)5-6/h6-7H,1-5H2,(H2,10,16,17). The third-order valence-electron chi connectivity index (χ3n) is 3.45. The lowest BCUT2D eigenvalue weighted by Gasteiger charge is -2.11. The Labute approximate surface area is 111 Å². The van der Waals surface area contributed by atoms with Crippen LogP contribution < -0.4 is 5.14 Å². The lowest BCUT2D eigenvalue weighted by Crippen LogP contribution is -2.20. The van der Waals surface area contributed by atoms with Crippen molar-refractivity contribution in [1.29, 1.82) is 0 Å². The van der Waals surface area contributed by atoms with E-state index in [1.807, 2.05) is 0 Å². The minimum absolute atomic E-state index is 0.00245. The number of sulfonamides is 1. The highest BCUT2D eigenvalue weighted by atomic mass is 32.2. The normalized spacial score (nSPS) is 26.7. The SMILES string of the molecule is NS(=O)(=O)c1nnc(C2CCS(=O)(=O)C2)n1C1CC1. The van der Waals surface area contributed by atoms with E-state index in [0.29, 0.717) is 12.2 Å². The summed E-state index contributed by atoms with van der Waals surface area (Å²) < 4.78 is 47.5. The molecule has 1 aromatic rings. The Morgan fingerprint density at radius 3 is 2.37 bits per heavy atom. The molecular weight excluding hydrogens is 292 g/mol. The summed E-state index contributed by atoms with van der Waals surface area (Å²) >= 11 is 0. The van der Waals surface area contributed by atoms with Crippen LogP contribution >= 0.6 is 0 Å². The Morgan fingerprint density at radius 1 is 1.21 bits per heavy atom. The van der Waals surface area contributed by atoms with Gasteiger partial charge in [0.25, 0.3) is 15.2 Å². The minimum atomic E-state index is -3.94. The molecule has 1 unspecified atom stereocenters. The molecule has 0 aromatic carbocycles.